The van der Waals surface area contributed by atoms with Crippen molar-refractivity contribution in [1.29, 1.82) is 5.41 Å². The van der Waals surface area contributed by atoms with Gasteiger partial charge in [0.15, 0.2) is 0 Å². The topological polar surface area (TPSA) is 115 Å². The smallest absolute Gasteiger partial charge is 0.342 e. The number of amides is 1. The number of benzene rings is 4. The Kier molecular flexibility index (Phi) is 7.41. The zero-order valence-electron chi connectivity index (χ0n) is 19.7. The maximum atomic E-state index is 13.2. The molecule has 0 aliphatic heterocycles. The standard InChI is InChI=1S/C29H25N3O4/c1-35-25-13-7-12-23(26(25)29(34)36-18-19-8-3-2-4-9-19)22-10-5-6-11-24(22)28(33)32-21-16-14-20(15-17-21)27(30)31/h2-17H,18H2,1H3,(H3,30,31)(H,32,33). The lowest BCUT2D eigenvalue weighted by atomic mass is 9.94. The Labute approximate surface area is 209 Å². The monoisotopic (exact) mass is 479 g/mol. The van der Waals surface area contributed by atoms with E-state index in [1.54, 1.807) is 66.7 Å². The number of hydrogen-bond acceptors (Lipinski definition) is 5. The molecular formula is C29H25N3O4. The van der Waals surface area contributed by atoms with Gasteiger partial charge in [0.1, 0.15) is 23.8 Å². The Bertz CT molecular complexity index is 1400. The Hall–Kier alpha value is -4.91. The number of esters is 1. The summed E-state index contributed by atoms with van der Waals surface area (Å²) in [7, 11) is 1.48. The number of methoxy groups -OCH3 is 1. The fourth-order valence-corrected chi connectivity index (χ4v) is 3.78. The second kappa shape index (κ2) is 11.0. The minimum absolute atomic E-state index is 0.0528. The highest BCUT2D eigenvalue weighted by molar-refractivity contribution is 6.11. The summed E-state index contributed by atoms with van der Waals surface area (Å²) in [6.45, 7) is 0.107. The molecule has 0 bridgehead atoms. The van der Waals surface area contributed by atoms with Crippen LogP contribution in [0, 0.1) is 5.41 Å². The molecule has 0 aliphatic carbocycles. The molecule has 0 saturated carbocycles. The number of nitrogen functional groups attached to an aromatic ring is 1. The first kappa shape index (κ1) is 24.2. The lowest BCUT2D eigenvalue weighted by Crippen LogP contribution is -2.15. The van der Waals surface area contributed by atoms with E-state index in [1.165, 1.54) is 7.11 Å². The molecule has 180 valence electrons. The van der Waals surface area contributed by atoms with E-state index < -0.39 is 5.97 Å². The Morgan fingerprint density at radius 2 is 1.50 bits per heavy atom. The van der Waals surface area contributed by atoms with Crippen LogP contribution in [0.15, 0.2) is 97.1 Å². The summed E-state index contributed by atoms with van der Waals surface area (Å²) in [5.74, 6) is -0.613. The molecule has 4 aromatic carbocycles. The number of nitrogens with one attached hydrogen (secondary N) is 2. The zero-order valence-corrected chi connectivity index (χ0v) is 19.7. The van der Waals surface area contributed by atoms with Crippen LogP contribution < -0.4 is 15.8 Å². The third-order valence-corrected chi connectivity index (χ3v) is 5.58. The van der Waals surface area contributed by atoms with Crippen LogP contribution in [0.4, 0.5) is 5.69 Å². The second-order valence-electron chi connectivity index (χ2n) is 7.94. The minimum atomic E-state index is -0.554. The van der Waals surface area contributed by atoms with Crippen molar-refractivity contribution in [2.24, 2.45) is 5.73 Å². The maximum absolute atomic E-state index is 13.2. The Morgan fingerprint density at radius 1 is 0.833 bits per heavy atom. The van der Waals surface area contributed by atoms with E-state index in [2.05, 4.69) is 5.32 Å². The van der Waals surface area contributed by atoms with Gasteiger partial charge in [-0.05, 0) is 47.5 Å². The Morgan fingerprint density at radius 3 is 2.19 bits per heavy atom. The predicted molar refractivity (Wildman–Crippen MR) is 139 cm³/mol. The fourth-order valence-electron chi connectivity index (χ4n) is 3.78. The summed E-state index contributed by atoms with van der Waals surface area (Å²) in [4.78, 5) is 26.5. The molecule has 0 heterocycles. The average molecular weight is 480 g/mol. The van der Waals surface area contributed by atoms with Crippen molar-refractivity contribution in [3.8, 4) is 16.9 Å². The SMILES string of the molecule is COc1cccc(-c2ccccc2C(=O)Nc2ccc(C(=N)N)cc2)c1C(=O)OCc1ccccc1. The molecule has 0 unspecified atom stereocenters. The molecule has 0 radical (unpaired) electrons. The molecule has 0 spiro atoms. The van der Waals surface area contributed by atoms with E-state index in [4.69, 9.17) is 20.6 Å². The summed E-state index contributed by atoms with van der Waals surface area (Å²) in [6, 6.07) is 28.3. The molecule has 0 aliphatic rings. The normalized spacial score (nSPS) is 10.4. The first-order valence-corrected chi connectivity index (χ1v) is 11.2. The number of carbonyl (C=O) groups excluding carboxylic acids is 2. The lowest BCUT2D eigenvalue weighted by molar-refractivity contribution is 0.0470. The van der Waals surface area contributed by atoms with Gasteiger partial charge in [-0.2, -0.15) is 0 Å². The van der Waals surface area contributed by atoms with Gasteiger partial charge in [-0.1, -0.05) is 60.7 Å². The molecule has 1 amide bonds. The maximum Gasteiger partial charge on any atom is 0.342 e. The van der Waals surface area contributed by atoms with Crippen LogP contribution in [0.5, 0.6) is 5.75 Å². The second-order valence-corrected chi connectivity index (χ2v) is 7.94. The largest absolute Gasteiger partial charge is 0.496 e. The van der Waals surface area contributed by atoms with Crippen molar-refractivity contribution in [2.75, 3.05) is 12.4 Å². The van der Waals surface area contributed by atoms with Crippen LogP contribution in [0.25, 0.3) is 11.1 Å². The van der Waals surface area contributed by atoms with Crippen LogP contribution in [0.1, 0.15) is 31.8 Å². The quantitative estimate of drug-likeness (QED) is 0.181. The number of amidine groups is 1. The van der Waals surface area contributed by atoms with E-state index in [9.17, 15) is 9.59 Å². The van der Waals surface area contributed by atoms with Gasteiger partial charge in [0.25, 0.3) is 5.91 Å². The van der Waals surface area contributed by atoms with E-state index >= 15 is 0 Å². The summed E-state index contributed by atoms with van der Waals surface area (Å²) >= 11 is 0. The molecule has 0 saturated heterocycles. The summed E-state index contributed by atoms with van der Waals surface area (Å²) in [6.07, 6.45) is 0. The van der Waals surface area contributed by atoms with E-state index in [0.717, 1.165) is 5.56 Å². The molecule has 0 aromatic heterocycles. The third-order valence-electron chi connectivity index (χ3n) is 5.58. The van der Waals surface area contributed by atoms with Gasteiger partial charge in [-0.3, -0.25) is 10.2 Å². The van der Waals surface area contributed by atoms with Crippen LogP contribution >= 0.6 is 0 Å². The van der Waals surface area contributed by atoms with Gasteiger partial charge in [0.2, 0.25) is 0 Å². The average Bonchev–Trinajstić information content (AvgIpc) is 2.92. The highest BCUT2D eigenvalue weighted by Crippen LogP contribution is 2.34. The van der Waals surface area contributed by atoms with Gasteiger partial charge >= 0.3 is 5.97 Å². The minimum Gasteiger partial charge on any atom is -0.496 e. The van der Waals surface area contributed by atoms with E-state index in [-0.39, 0.29) is 23.9 Å². The molecule has 4 N–H and O–H groups in total. The number of nitrogens with two attached hydrogens (primary N) is 1. The van der Waals surface area contributed by atoms with Crippen LogP contribution in [0.3, 0.4) is 0 Å². The van der Waals surface area contributed by atoms with Crippen LogP contribution in [-0.2, 0) is 11.3 Å². The highest BCUT2D eigenvalue weighted by Gasteiger charge is 2.23. The van der Waals surface area contributed by atoms with Crippen molar-refractivity contribution in [1.82, 2.24) is 0 Å². The molecule has 4 aromatic rings. The third kappa shape index (κ3) is 5.42. The molecular weight excluding hydrogens is 454 g/mol. The number of rotatable bonds is 8. The van der Waals surface area contributed by atoms with Gasteiger partial charge in [-0.25, -0.2) is 4.79 Å². The molecule has 0 fully saturated rings. The van der Waals surface area contributed by atoms with Crippen molar-refractivity contribution in [3.05, 3.63) is 119 Å². The van der Waals surface area contributed by atoms with Crippen LogP contribution in [0.2, 0.25) is 0 Å². The number of hydrogen-bond donors (Lipinski definition) is 3. The molecule has 7 nitrogen and oxygen atoms in total. The predicted octanol–water partition coefficient (Wildman–Crippen LogP) is 5.26. The van der Waals surface area contributed by atoms with Gasteiger partial charge in [0, 0.05) is 22.4 Å². The lowest BCUT2D eigenvalue weighted by Gasteiger charge is -2.16. The fraction of sp³-hybridized carbons (Fsp3) is 0.0690. The van der Waals surface area contributed by atoms with Crippen molar-refractivity contribution < 1.29 is 19.1 Å². The molecule has 7 heteroatoms. The van der Waals surface area contributed by atoms with Gasteiger partial charge < -0.3 is 20.5 Å². The molecule has 0 atom stereocenters. The zero-order chi connectivity index (χ0) is 25.5. The molecule has 36 heavy (non-hydrogen) atoms. The van der Waals surface area contributed by atoms with Gasteiger partial charge in [0.05, 0.1) is 7.11 Å². The van der Waals surface area contributed by atoms with Gasteiger partial charge in [-0.15, -0.1) is 0 Å². The first-order chi connectivity index (χ1) is 17.5. The van der Waals surface area contributed by atoms with Crippen LogP contribution in [-0.4, -0.2) is 24.8 Å². The Balaban J connectivity index is 1.66. The summed E-state index contributed by atoms with van der Waals surface area (Å²) < 4.78 is 11.1. The number of carbonyl (C=O) groups is 2. The summed E-state index contributed by atoms with van der Waals surface area (Å²) in [5, 5.41) is 10.4. The number of ether oxygens (including phenoxy) is 2. The number of anilines is 1. The highest BCUT2D eigenvalue weighted by atomic mass is 16.5. The summed E-state index contributed by atoms with van der Waals surface area (Å²) in [5.41, 5.74) is 9.16. The first-order valence-electron chi connectivity index (χ1n) is 11.2. The van der Waals surface area contributed by atoms with Crippen molar-refractivity contribution in [3.63, 3.8) is 0 Å². The van der Waals surface area contributed by atoms with E-state index in [1.807, 2.05) is 30.3 Å². The van der Waals surface area contributed by atoms with Crippen molar-refractivity contribution in [2.45, 2.75) is 6.61 Å². The van der Waals surface area contributed by atoms with Crippen molar-refractivity contribution >= 4 is 23.4 Å². The molecule has 4 rings (SSSR count). The van der Waals surface area contributed by atoms with E-state index in [0.29, 0.717) is 33.7 Å².